The minimum atomic E-state index is -4.38. The third kappa shape index (κ3) is 4.33. The number of halogens is 3. The lowest BCUT2D eigenvalue weighted by Crippen LogP contribution is -2.23. The minimum absolute atomic E-state index is 0.0948. The molecule has 8 heteroatoms. The second kappa shape index (κ2) is 7.75. The SMILES string of the molecule is COc1ccc(C)cc1-n1ccc(C(=O)NCc2ccc(C(F)(F)F)cc2)n1. The Morgan fingerprint density at radius 2 is 1.86 bits per heavy atom. The Morgan fingerprint density at radius 1 is 1.14 bits per heavy atom. The van der Waals surface area contributed by atoms with Gasteiger partial charge < -0.3 is 10.1 Å². The first-order valence-corrected chi connectivity index (χ1v) is 8.43. The number of nitrogens with zero attached hydrogens (tertiary/aromatic N) is 2. The van der Waals surface area contributed by atoms with E-state index in [9.17, 15) is 18.0 Å². The van der Waals surface area contributed by atoms with Crippen molar-refractivity contribution in [3.05, 3.63) is 77.1 Å². The Bertz CT molecular complexity index is 979. The van der Waals surface area contributed by atoms with E-state index in [0.717, 1.165) is 17.7 Å². The molecule has 1 aromatic heterocycles. The summed E-state index contributed by atoms with van der Waals surface area (Å²) in [4.78, 5) is 12.3. The molecular weight excluding hydrogens is 371 g/mol. The van der Waals surface area contributed by atoms with Crippen molar-refractivity contribution in [3.63, 3.8) is 0 Å². The number of amides is 1. The summed E-state index contributed by atoms with van der Waals surface area (Å²) in [5.41, 5.74) is 1.73. The van der Waals surface area contributed by atoms with Crippen molar-refractivity contribution in [1.82, 2.24) is 15.1 Å². The van der Waals surface area contributed by atoms with Crippen LogP contribution < -0.4 is 10.1 Å². The molecule has 146 valence electrons. The van der Waals surface area contributed by atoms with Gasteiger partial charge in [-0.15, -0.1) is 0 Å². The third-order valence-electron chi connectivity index (χ3n) is 4.14. The Kier molecular flexibility index (Phi) is 5.39. The maximum Gasteiger partial charge on any atom is 0.416 e. The predicted molar refractivity (Wildman–Crippen MR) is 97.5 cm³/mol. The summed E-state index contributed by atoms with van der Waals surface area (Å²) in [6.07, 6.45) is -2.74. The first-order valence-electron chi connectivity index (χ1n) is 8.43. The van der Waals surface area contributed by atoms with Crippen molar-refractivity contribution >= 4 is 5.91 Å². The minimum Gasteiger partial charge on any atom is -0.494 e. The van der Waals surface area contributed by atoms with Gasteiger partial charge in [0.15, 0.2) is 5.69 Å². The molecule has 0 saturated carbocycles. The van der Waals surface area contributed by atoms with Crippen LogP contribution in [0.2, 0.25) is 0 Å². The van der Waals surface area contributed by atoms with Crippen molar-refractivity contribution in [2.45, 2.75) is 19.6 Å². The van der Waals surface area contributed by atoms with Crippen LogP contribution in [0.5, 0.6) is 5.75 Å². The lowest BCUT2D eigenvalue weighted by molar-refractivity contribution is -0.137. The van der Waals surface area contributed by atoms with Gasteiger partial charge in [0, 0.05) is 12.7 Å². The highest BCUT2D eigenvalue weighted by Gasteiger charge is 2.29. The molecule has 1 heterocycles. The number of carbonyl (C=O) groups excluding carboxylic acids is 1. The van der Waals surface area contributed by atoms with E-state index in [1.807, 2.05) is 25.1 Å². The number of hydrogen-bond acceptors (Lipinski definition) is 3. The van der Waals surface area contributed by atoms with Crippen LogP contribution in [0.25, 0.3) is 5.69 Å². The Morgan fingerprint density at radius 3 is 2.50 bits per heavy atom. The number of methoxy groups -OCH3 is 1. The average molecular weight is 389 g/mol. The summed E-state index contributed by atoms with van der Waals surface area (Å²) in [6, 6.07) is 11.8. The van der Waals surface area contributed by atoms with Crippen LogP contribution in [0.3, 0.4) is 0 Å². The summed E-state index contributed by atoms with van der Waals surface area (Å²) < 4.78 is 44.6. The zero-order valence-corrected chi connectivity index (χ0v) is 15.2. The van der Waals surface area contributed by atoms with E-state index in [-0.39, 0.29) is 12.2 Å². The van der Waals surface area contributed by atoms with Gasteiger partial charge in [-0.3, -0.25) is 4.79 Å². The number of carbonyl (C=O) groups is 1. The van der Waals surface area contributed by atoms with Gasteiger partial charge >= 0.3 is 6.18 Å². The van der Waals surface area contributed by atoms with Crippen LogP contribution in [0, 0.1) is 6.92 Å². The fourth-order valence-electron chi connectivity index (χ4n) is 2.64. The molecule has 0 spiro atoms. The fourth-order valence-corrected chi connectivity index (χ4v) is 2.64. The van der Waals surface area contributed by atoms with Crippen LogP contribution in [-0.4, -0.2) is 22.8 Å². The molecule has 0 fully saturated rings. The summed E-state index contributed by atoms with van der Waals surface area (Å²) in [6.45, 7) is 2.03. The lowest BCUT2D eigenvalue weighted by atomic mass is 10.1. The van der Waals surface area contributed by atoms with Gasteiger partial charge in [-0.25, -0.2) is 4.68 Å². The highest BCUT2D eigenvalue weighted by Crippen LogP contribution is 2.29. The molecule has 0 atom stereocenters. The molecule has 0 radical (unpaired) electrons. The van der Waals surface area contributed by atoms with Crippen LogP contribution in [0.15, 0.2) is 54.7 Å². The predicted octanol–water partition coefficient (Wildman–Crippen LogP) is 4.14. The molecule has 28 heavy (non-hydrogen) atoms. The molecule has 3 aromatic rings. The van der Waals surface area contributed by atoms with Crippen molar-refractivity contribution < 1.29 is 22.7 Å². The van der Waals surface area contributed by atoms with Gasteiger partial charge in [0.2, 0.25) is 0 Å². The molecule has 0 aliphatic heterocycles. The molecule has 3 rings (SSSR count). The molecule has 0 bridgehead atoms. The number of nitrogens with one attached hydrogen (secondary N) is 1. The first kappa shape index (κ1) is 19.5. The number of benzene rings is 2. The van der Waals surface area contributed by atoms with Gasteiger partial charge in [0.25, 0.3) is 5.91 Å². The van der Waals surface area contributed by atoms with E-state index in [0.29, 0.717) is 17.0 Å². The van der Waals surface area contributed by atoms with Crippen molar-refractivity contribution in [1.29, 1.82) is 0 Å². The van der Waals surface area contributed by atoms with E-state index in [4.69, 9.17) is 4.74 Å². The van der Waals surface area contributed by atoms with Crippen LogP contribution in [-0.2, 0) is 12.7 Å². The van der Waals surface area contributed by atoms with E-state index in [1.54, 1.807) is 24.1 Å². The molecule has 0 saturated heterocycles. The van der Waals surface area contributed by atoms with E-state index >= 15 is 0 Å². The molecule has 0 aliphatic rings. The van der Waals surface area contributed by atoms with Crippen molar-refractivity contribution in [2.75, 3.05) is 7.11 Å². The maximum absolute atomic E-state index is 12.6. The maximum atomic E-state index is 12.6. The number of aryl methyl sites for hydroxylation is 1. The van der Waals surface area contributed by atoms with Gasteiger partial charge in [-0.1, -0.05) is 18.2 Å². The van der Waals surface area contributed by atoms with Gasteiger partial charge in [-0.2, -0.15) is 18.3 Å². The van der Waals surface area contributed by atoms with Gasteiger partial charge in [0.05, 0.1) is 12.7 Å². The normalized spacial score (nSPS) is 11.3. The Balaban J connectivity index is 1.69. The van der Waals surface area contributed by atoms with Crippen molar-refractivity contribution in [3.8, 4) is 11.4 Å². The van der Waals surface area contributed by atoms with E-state index < -0.39 is 17.6 Å². The molecular formula is C20H18F3N3O2. The zero-order valence-electron chi connectivity index (χ0n) is 15.2. The highest BCUT2D eigenvalue weighted by molar-refractivity contribution is 5.92. The van der Waals surface area contributed by atoms with Crippen LogP contribution >= 0.6 is 0 Å². The molecule has 0 unspecified atom stereocenters. The number of alkyl halides is 3. The summed E-state index contributed by atoms with van der Waals surface area (Å²) in [5.74, 6) is 0.190. The van der Waals surface area contributed by atoms with Crippen LogP contribution in [0.4, 0.5) is 13.2 Å². The quantitative estimate of drug-likeness (QED) is 0.714. The van der Waals surface area contributed by atoms with Gasteiger partial charge in [0.1, 0.15) is 11.4 Å². The van der Waals surface area contributed by atoms with Gasteiger partial charge in [-0.05, 0) is 48.4 Å². The van der Waals surface area contributed by atoms with E-state index in [1.165, 1.54) is 12.1 Å². The smallest absolute Gasteiger partial charge is 0.416 e. The topological polar surface area (TPSA) is 56.1 Å². The van der Waals surface area contributed by atoms with Crippen LogP contribution in [0.1, 0.15) is 27.2 Å². The number of aromatic nitrogens is 2. The highest BCUT2D eigenvalue weighted by atomic mass is 19.4. The first-order chi connectivity index (χ1) is 13.3. The number of hydrogen-bond donors (Lipinski definition) is 1. The molecule has 0 aliphatic carbocycles. The van der Waals surface area contributed by atoms with E-state index in [2.05, 4.69) is 10.4 Å². The zero-order chi connectivity index (χ0) is 20.3. The van der Waals surface area contributed by atoms with Crippen molar-refractivity contribution in [2.24, 2.45) is 0 Å². The summed E-state index contributed by atoms with van der Waals surface area (Å²) in [7, 11) is 1.55. The second-order valence-electron chi connectivity index (χ2n) is 6.20. The standard InChI is InChI=1S/C20H18F3N3O2/c1-13-3-8-18(28-2)17(11-13)26-10-9-16(25-26)19(27)24-12-14-4-6-15(7-5-14)20(21,22)23/h3-11H,12H2,1-2H3,(H,24,27). The monoisotopic (exact) mass is 389 g/mol. The fraction of sp³-hybridized carbons (Fsp3) is 0.200. The summed E-state index contributed by atoms with van der Waals surface area (Å²) in [5, 5.41) is 6.92. The number of rotatable bonds is 5. The molecule has 1 N–H and O–H groups in total. The number of ether oxygens (including phenoxy) is 1. The Hall–Kier alpha value is -3.29. The molecule has 5 nitrogen and oxygen atoms in total. The average Bonchev–Trinajstić information content (AvgIpc) is 3.16. The summed E-state index contributed by atoms with van der Waals surface area (Å²) >= 11 is 0. The second-order valence-corrected chi connectivity index (χ2v) is 6.20. The molecule has 1 amide bonds. The third-order valence-corrected chi connectivity index (χ3v) is 4.14. The Labute approximate surface area is 159 Å². The largest absolute Gasteiger partial charge is 0.494 e. The lowest BCUT2D eigenvalue weighted by Gasteiger charge is -2.09. The molecule has 2 aromatic carbocycles.